The smallest absolute Gasteiger partial charge is 0.309 e. The van der Waals surface area contributed by atoms with Crippen LogP contribution in [0.2, 0.25) is 0 Å². The molecule has 0 N–H and O–H groups in total. The summed E-state index contributed by atoms with van der Waals surface area (Å²) in [5.41, 5.74) is 0. The van der Waals surface area contributed by atoms with Crippen LogP contribution in [0.1, 0.15) is 38.5 Å². The molecule has 15 heavy (non-hydrogen) atoms. The van der Waals surface area contributed by atoms with Crippen molar-refractivity contribution in [3.63, 3.8) is 0 Å². The van der Waals surface area contributed by atoms with Crippen LogP contribution < -0.4 is 0 Å². The minimum Gasteiger partial charge on any atom is -0.494 e. The van der Waals surface area contributed by atoms with Gasteiger partial charge in [0.05, 0.1) is 12.2 Å². The van der Waals surface area contributed by atoms with Gasteiger partial charge in [0.1, 0.15) is 12.7 Å². The highest BCUT2D eigenvalue weighted by Gasteiger charge is 2.23. The lowest BCUT2D eigenvalue weighted by Gasteiger charge is -2.20. The zero-order chi connectivity index (χ0) is 10.5. The number of carbonyl (C=O) groups is 1. The van der Waals surface area contributed by atoms with Crippen molar-refractivity contribution < 1.29 is 14.3 Å². The molecule has 1 atom stereocenters. The number of esters is 1. The second-order valence-corrected chi connectivity index (χ2v) is 4.33. The van der Waals surface area contributed by atoms with Crippen molar-refractivity contribution in [1.29, 1.82) is 0 Å². The first-order valence-corrected chi connectivity index (χ1v) is 5.83. The van der Waals surface area contributed by atoms with Crippen LogP contribution in [-0.2, 0) is 14.3 Å². The lowest BCUT2D eigenvalue weighted by molar-refractivity contribution is -0.152. The van der Waals surface area contributed by atoms with Gasteiger partial charge in [-0.2, -0.15) is 0 Å². The Morgan fingerprint density at radius 3 is 2.80 bits per heavy atom. The number of carbonyl (C=O) groups excluding carboxylic acids is 1. The molecule has 2 aliphatic rings. The van der Waals surface area contributed by atoms with Crippen molar-refractivity contribution >= 4 is 5.97 Å². The molecule has 0 spiro atoms. The van der Waals surface area contributed by atoms with Crippen LogP contribution in [0.5, 0.6) is 0 Å². The van der Waals surface area contributed by atoms with E-state index >= 15 is 0 Å². The molecule has 1 aliphatic heterocycles. The highest BCUT2D eigenvalue weighted by atomic mass is 16.6. The Morgan fingerprint density at radius 1 is 1.33 bits per heavy atom. The molecule has 3 nitrogen and oxygen atoms in total. The van der Waals surface area contributed by atoms with Crippen LogP contribution >= 0.6 is 0 Å². The maximum Gasteiger partial charge on any atom is 0.309 e. The topological polar surface area (TPSA) is 35.5 Å². The van der Waals surface area contributed by atoms with Crippen molar-refractivity contribution in [3.05, 3.63) is 12.3 Å². The summed E-state index contributed by atoms with van der Waals surface area (Å²) in [6.45, 7) is 0.405. The van der Waals surface area contributed by atoms with Gasteiger partial charge in [-0.1, -0.05) is 19.3 Å². The third-order valence-electron chi connectivity index (χ3n) is 3.12. The number of hydrogen-bond donors (Lipinski definition) is 0. The van der Waals surface area contributed by atoms with Crippen molar-refractivity contribution in [1.82, 2.24) is 0 Å². The number of ether oxygens (including phenoxy) is 2. The molecule has 0 radical (unpaired) electrons. The lowest BCUT2D eigenvalue weighted by atomic mass is 9.89. The van der Waals surface area contributed by atoms with Crippen molar-refractivity contribution in [2.75, 3.05) is 6.61 Å². The molecule has 1 unspecified atom stereocenters. The van der Waals surface area contributed by atoms with E-state index in [1.54, 1.807) is 6.26 Å². The summed E-state index contributed by atoms with van der Waals surface area (Å²) < 4.78 is 10.5. The van der Waals surface area contributed by atoms with E-state index in [-0.39, 0.29) is 18.0 Å². The highest BCUT2D eigenvalue weighted by molar-refractivity contribution is 5.72. The van der Waals surface area contributed by atoms with Crippen LogP contribution in [0.4, 0.5) is 0 Å². The van der Waals surface area contributed by atoms with Gasteiger partial charge < -0.3 is 9.47 Å². The maximum atomic E-state index is 11.7. The van der Waals surface area contributed by atoms with E-state index < -0.39 is 0 Å². The highest BCUT2D eigenvalue weighted by Crippen LogP contribution is 2.24. The standard InChI is InChI=1S/C12H18O3/c13-12(10-5-2-1-3-6-10)15-9-11-7-4-8-14-11/h4,8,10-11H,1-3,5-7,9H2. The minimum atomic E-state index is -0.0230. The Morgan fingerprint density at radius 2 is 2.13 bits per heavy atom. The van der Waals surface area contributed by atoms with Crippen LogP contribution in [0, 0.1) is 5.92 Å². The molecule has 1 heterocycles. The van der Waals surface area contributed by atoms with E-state index in [9.17, 15) is 4.79 Å². The predicted molar refractivity (Wildman–Crippen MR) is 56.2 cm³/mol. The molecule has 3 heteroatoms. The average molecular weight is 210 g/mol. The summed E-state index contributed by atoms with van der Waals surface area (Å²) in [5, 5.41) is 0. The van der Waals surface area contributed by atoms with Gasteiger partial charge in [0.25, 0.3) is 0 Å². The molecule has 0 bridgehead atoms. The molecule has 0 aromatic heterocycles. The average Bonchev–Trinajstić information content (AvgIpc) is 2.80. The Labute approximate surface area is 90.4 Å². The predicted octanol–water partition coefficient (Wildman–Crippen LogP) is 2.41. The zero-order valence-electron chi connectivity index (χ0n) is 8.98. The maximum absolute atomic E-state index is 11.7. The summed E-state index contributed by atoms with van der Waals surface area (Å²) in [6, 6.07) is 0. The molecule has 0 aromatic carbocycles. The fraction of sp³-hybridized carbons (Fsp3) is 0.750. The van der Waals surface area contributed by atoms with E-state index in [2.05, 4.69) is 0 Å². The van der Waals surface area contributed by atoms with Gasteiger partial charge in [0, 0.05) is 6.42 Å². The first-order chi connectivity index (χ1) is 7.36. The molecule has 2 rings (SSSR count). The van der Waals surface area contributed by atoms with E-state index in [1.807, 2.05) is 6.08 Å². The second-order valence-electron chi connectivity index (χ2n) is 4.33. The normalized spacial score (nSPS) is 26.3. The minimum absolute atomic E-state index is 0.0230. The zero-order valence-corrected chi connectivity index (χ0v) is 8.98. The van der Waals surface area contributed by atoms with Crippen molar-refractivity contribution in [2.45, 2.75) is 44.6 Å². The van der Waals surface area contributed by atoms with Crippen molar-refractivity contribution in [3.8, 4) is 0 Å². The van der Waals surface area contributed by atoms with E-state index in [1.165, 1.54) is 19.3 Å². The first kappa shape index (κ1) is 10.5. The summed E-state index contributed by atoms with van der Waals surface area (Å²) >= 11 is 0. The number of hydrogen-bond acceptors (Lipinski definition) is 3. The largest absolute Gasteiger partial charge is 0.494 e. The lowest BCUT2D eigenvalue weighted by Crippen LogP contribution is -2.24. The monoisotopic (exact) mass is 210 g/mol. The molecule has 0 saturated heterocycles. The van der Waals surface area contributed by atoms with Gasteiger partial charge in [0.15, 0.2) is 0 Å². The Bertz CT molecular complexity index is 233. The summed E-state index contributed by atoms with van der Waals surface area (Å²) in [6.07, 6.45) is 10.2. The molecule has 1 aliphatic carbocycles. The fourth-order valence-corrected chi connectivity index (χ4v) is 2.17. The Hall–Kier alpha value is -0.990. The van der Waals surface area contributed by atoms with E-state index in [0.717, 1.165) is 19.3 Å². The molecule has 0 aromatic rings. The van der Waals surface area contributed by atoms with Crippen LogP contribution in [-0.4, -0.2) is 18.7 Å². The summed E-state index contributed by atoms with van der Waals surface area (Å²) in [4.78, 5) is 11.7. The molecule has 1 fully saturated rings. The van der Waals surface area contributed by atoms with Gasteiger partial charge in [-0.3, -0.25) is 4.79 Å². The fourth-order valence-electron chi connectivity index (χ4n) is 2.17. The van der Waals surface area contributed by atoms with E-state index in [4.69, 9.17) is 9.47 Å². The van der Waals surface area contributed by atoms with Gasteiger partial charge in [0.2, 0.25) is 0 Å². The summed E-state index contributed by atoms with van der Waals surface area (Å²) in [5.74, 6) is 0.123. The van der Waals surface area contributed by atoms with Gasteiger partial charge in [-0.15, -0.1) is 0 Å². The van der Waals surface area contributed by atoms with Gasteiger partial charge in [-0.25, -0.2) is 0 Å². The van der Waals surface area contributed by atoms with Crippen LogP contribution in [0.25, 0.3) is 0 Å². The first-order valence-electron chi connectivity index (χ1n) is 5.83. The third kappa shape index (κ3) is 2.98. The Balaban J connectivity index is 1.67. The SMILES string of the molecule is O=C(OCC1CC=CO1)C1CCCCC1. The molecule has 1 saturated carbocycles. The van der Waals surface area contributed by atoms with Crippen molar-refractivity contribution in [2.24, 2.45) is 5.92 Å². The molecular weight excluding hydrogens is 192 g/mol. The third-order valence-corrected chi connectivity index (χ3v) is 3.12. The number of rotatable bonds is 3. The molecule has 84 valence electrons. The summed E-state index contributed by atoms with van der Waals surface area (Å²) in [7, 11) is 0. The van der Waals surface area contributed by atoms with E-state index in [0.29, 0.717) is 6.61 Å². The van der Waals surface area contributed by atoms with Gasteiger partial charge >= 0.3 is 5.97 Å². The quantitative estimate of drug-likeness (QED) is 0.671. The molecule has 0 amide bonds. The van der Waals surface area contributed by atoms with Crippen LogP contribution in [0.15, 0.2) is 12.3 Å². The second kappa shape index (κ2) is 5.19. The Kier molecular flexibility index (Phi) is 3.64. The molecular formula is C12H18O3. The van der Waals surface area contributed by atoms with Gasteiger partial charge in [-0.05, 0) is 18.9 Å². The van der Waals surface area contributed by atoms with Crippen LogP contribution in [0.3, 0.4) is 0 Å².